The van der Waals surface area contributed by atoms with Gasteiger partial charge >= 0.3 is 11.9 Å². The lowest BCUT2D eigenvalue weighted by molar-refractivity contribution is -0.140. The molecule has 0 atom stereocenters. The molecule has 6 nitrogen and oxygen atoms in total. The molecule has 0 amide bonds. The number of nitrogens with two attached hydrogens (primary N) is 1. The van der Waals surface area contributed by atoms with Crippen LogP contribution in [-0.2, 0) is 4.79 Å². The standard InChI is InChI=1S/C9H17NO2.C7H6O3/c10-7-9(6-8(11)12)4-2-1-3-5-9;8-6-3-1-5(2-4-6)7(9)10/h1-7,10H2,(H,11,12);1-4,8H,(H,9,10). The summed E-state index contributed by atoms with van der Waals surface area (Å²) in [5, 5.41) is 25.8. The van der Waals surface area contributed by atoms with E-state index in [9.17, 15) is 9.59 Å². The molecule has 0 saturated heterocycles. The van der Waals surface area contributed by atoms with Crippen LogP contribution in [0.4, 0.5) is 0 Å². The van der Waals surface area contributed by atoms with Gasteiger partial charge in [0.05, 0.1) is 12.0 Å². The fraction of sp³-hybridized carbons (Fsp3) is 0.500. The van der Waals surface area contributed by atoms with E-state index in [0.29, 0.717) is 6.54 Å². The Hall–Kier alpha value is -2.08. The van der Waals surface area contributed by atoms with Crippen LogP contribution in [0, 0.1) is 5.41 Å². The molecule has 5 N–H and O–H groups in total. The smallest absolute Gasteiger partial charge is 0.335 e. The van der Waals surface area contributed by atoms with E-state index in [-0.39, 0.29) is 23.1 Å². The Bertz CT molecular complexity index is 492. The highest BCUT2D eigenvalue weighted by atomic mass is 16.4. The van der Waals surface area contributed by atoms with Crippen molar-refractivity contribution in [1.82, 2.24) is 0 Å². The molecular formula is C16H23NO5. The number of rotatable bonds is 4. The Morgan fingerprint density at radius 1 is 1.05 bits per heavy atom. The fourth-order valence-electron chi connectivity index (χ4n) is 2.68. The molecule has 0 radical (unpaired) electrons. The topological polar surface area (TPSA) is 121 Å². The van der Waals surface area contributed by atoms with Crippen molar-refractivity contribution in [1.29, 1.82) is 0 Å². The Kier molecular flexibility index (Phi) is 6.85. The van der Waals surface area contributed by atoms with Crippen molar-refractivity contribution in [2.45, 2.75) is 38.5 Å². The van der Waals surface area contributed by atoms with Crippen LogP contribution < -0.4 is 5.73 Å². The molecule has 22 heavy (non-hydrogen) atoms. The number of aromatic hydroxyl groups is 1. The highest BCUT2D eigenvalue weighted by Gasteiger charge is 2.32. The van der Waals surface area contributed by atoms with Gasteiger partial charge in [0.15, 0.2) is 0 Å². The summed E-state index contributed by atoms with van der Waals surface area (Å²) >= 11 is 0. The first-order valence-electron chi connectivity index (χ1n) is 7.33. The maximum absolute atomic E-state index is 10.6. The number of phenolic OH excluding ortho intramolecular Hbond substituents is 1. The van der Waals surface area contributed by atoms with Gasteiger partial charge in [0.2, 0.25) is 0 Å². The minimum atomic E-state index is -0.986. The molecule has 1 aromatic carbocycles. The number of aliphatic carboxylic acids is 1. The van der Waals surface area contributed by atoms with Crippen molar-refractivity contribution in [3.05, 3.63) is 29.8 Å². The number of carboxylic acid groups (broad SMARTS) is 2. The predicted octanol–water partition coefficient (Wildman–Crippen LogP) is 2.46. The van der Waals surface area contributed by atoms with Crippen LogP contribution in [0.2, 0.25) is 0 Å². The highest BCUT2D eigenvalue weighted by Crippen LogP contribution is 2.38. The first-order chi connectivity index (χ1) is 10.4. The summed E-state index contributed by atoms with van der Waals surface area (Å²) < 4.78 is 0. The van der Waals surface area contributed by atoms with Crippen LogP contribution in [0.25, 0.3) is 0 Å². The summed E-state index contributed by atoms with van der Waals surface area (Å²) in [6.07, 6.45) is 5.77. The second-order valence-electron chi connectivity index (χ2n) is 5.69. The average molecular weight is 309 g/mol. The SMILES string of the molecule is NCC1(CC(=O)O)CCCCC1.O=C(O)c1ccc(O)cc1. The summed E-state index contributed by atoms with van der Waals surface area (Å²) in [6.45, 7) is 0.527. The van der Waals surface area contributed by atoms with E-state index in [1.165, 1.54) is 30.7 Å². The molecule has 0 spiro atoms. The fourth-order valence-corrected chi connectivity index (χ4v) is 2.68. The van der Waals surface area contributed by atoms with E-state index in [0.717, 1.165) is 25.7 Å². The quantitative estimate of drug-likeness (QED) is 0.678. The molecule has 0 heterocycles. The average Bonchev–Trinajstić information content (AvgIpc) is 2.48. The van der Waals surface area contributed by atoms with Gasteiger partial charge in [-0.1, -0.05) is 19.3 Å². The molecule has 0 aliphatic heterocycles. The van der Waals surface area contributed by atoms with Gasteiger partial charge in [-0.25, -0.2) is 4.79 Å². The van der Waals surface area contributed by atoms with Gasteiger partial charge in [-0.15, -0.1) is 0 Å². The molecule has 1 aromatic rings. The van der Waals surface area contributed by atoms with Crippen LogP contribution in [0.15, 0.2) is 24.3 Å². The predicted molar refractivity (Wildman–Crippen MR) is 81.9 cm³/mol. The third-order valence-corrected chi connectivity index (χ3v) is 3.99. The zero-order valence-corrected chi connectivity index (χ0v) is 12.5. The summed E-state index contributed by atoms with van der Waals surface area (Å²) in [6, 6.07) is 5.36. The molecule has 2 rings (SSSR count). The van der Waals surface area contributed by atoms with Crippen molar-refractivity contribution in [3.63, 3.8) is 0 Å². The van der Waals surface area contributed by atoms with Gasteiger partial charge in [0.25, 0.3) is 0 Å². The second kappa shape index (κ2) is 8.38. The first kappa shape index (κ1) is 18.0. The van der Waals surface area contributed by atoms with E-state index in [2.05, 4.69) is 0 Å². The zero-order chi connectivity index (χ0) is 16.6. The van der Waals surface area contributed by atoms with Crippen LogP contribution in [0.5, 0.6) is 5.75 Å². The first-order valence-corrected chi connectivity index (χ1v) is 7.33. The third-order valence-electron chi connectivity index (χ3n) is 3.99. The summed E-state index contributed by atoms with van der Waals surface area (Å²) in [7, 11) is 0. The van der Waals surface area contributed by atoms with Crippen LogP contribution in [-0.4, -0.2) is 33.8 Å². The van der Waals surface area contributed by atoms with Crippen LogP contribution >= 0.6 is 0 Å². The van der Waals surface area contributed by atoms with Crippen molar-refractivity contribution < 1.29 is 24.9 Å². The lowest BCUT2D eigenvalue weighted by atomic mass is 9.72. The zero-order valence-electron chi connectivity index (χ0n) is 12.5. The minimum absolute atomic E-state index is 0.0741. The lowest BCUT2D eigenvalue weighted by Gasteiger charge is -2.34. The van der Waals surface area contributed by atoms with Gasteiger partial charge in [-0.2, -0.15) is 0 Å². The molecule has 1 aliphatic rings. The monoisotopic (exact) mass is 309 g/mol. The molecule has 0 bridgehead atoms. The normalized spacial score (nSPS) is 16.2. The Morgan fingerprint density at radius 3 is 2.00 bits per heavy atom. The van der Waals surface area contributed by atoms with E-state index in [1.54, 1.807) is 0 Å². The van der Waals surface area contributed by atoms with Crippen LogP contribution in [0.3, 0.4) is 0 Å². The number of carboxylic acids is 2. The van der Waals surface area contributed by atoms with Crippen molar-refractivity contribution >= 4 is 11.9 Å². The summed E-state index contributed by atoms with van der Waals surface area (Å²) in [5.74, 6) is -1.62. The number of benzene rings is 1. The largest absolute Gasteiger partial charge is 0.508 e. The number of aromatic carboxylic acids is 1. The van der Waals surface area contributed by atoms with Gasteiger partial charge in [0, 0.05) is 0 Å². The van der Waals surface area contributed by atoms with Gasteiger partial charge in [-0.05, 0) is 49.1 Å². The number of hydrogen-bond donors (Lipinski definition) is 4. The molecule has 1 aliphatic carbocycles. The van der Waals surface area contributed by atoms with Gasteiger partial charge in [-0.3, -0.25) is 4.79 Å². The van der Waals surface area contributed by atoms with E-state index in [1.807, 2.05) is 0 Å². The second-order valence-corrected chi connectivity index (χ2v) is 5.69. The molecule has 122 valence electrons. The van der Waals surface area contributed by atoms with Gasteiger partial charge < -0.3 is 21.1 Å². The number of phenols is 1. The maximum atomic E-state index is 10.6. The Balaban J connectivity index is 0.000000224. The molecule has 6 heteroatoms. The molecule has 0 aromatic heterocycles. The molecule has 0 unspecified atom stereocenters. The molecule has 1 fully saturated rings. The number of hydrogen-bond acceptors (Lipinski definition) is 4. The van der Waals surface area contributed by atoms with Crippen LogP contribution in [0.1, 0.15) is 48.9 Å². The van der Waals surface area contributed by atoms with Gasteiger partial charge in [0.1, 0.15) is 5.75 Å². The Labute approximate surface area is 129 Å². The summed E-state index contributed by atoms with van der Waals surface area (Å²) in [5.41, 5.74) is 5.72. The third kappa shape index (κ3) is 5.73. The van der Waals surface area contributed by atoms with Crippen molar-refractivity contribution in [2.24, 2.45) is 11.1 Å². The van der Waals surface area contributed by atoms with Crippen molar-refractivity contribution in [2.75, 3.05) is 6.54 Å². The summed E-state index contributed by atoms with van der Waals surface area (Å²) in [4.78, 5) is 20.8. The lowest BCUT2D eigenvalue weighted by Crippen LogP contribution is -2.34. The maximum Gasteiger partial charge on any atom is 0.335 e. The van der Waals surface area contributed by atoms with Crippen molar-refractivity contribution in [3.8, 4) is 5.75 Å². The highest BCUT2D eigenvalue weighted by molar-refractivity contribution is 5.87. The van der Waals surface area contributed by atoms with E-state index in [4.69, 9.17) is 21.1 Å². The van der Waals surface area contributed by atoms with E-state index < -0.39 is 11.9 Å². The number of carbonyl (C=O) groups is 2. The van der Waals surface area contributed by atoms with E-state index >= 15 is 0 Å². The minimum Gasteiger partial charge on any atom is -0.508 e. The molecule has 1 saturated carbocycles. The molecular weight excluding hydrogens is 286 g/mol. The Morgan fingerprint density at radius 2 is 1.59 bits per heavy atom.